The second kappa shape index (κ2) is 9.13. The first-order chi connectivity index (χ1) is 13.4. The molecule has 0 amide bonds. The summed E-state index contributed by atoms with van der Waals surface area (Å²) in [4.78, 5) is 24.0. The van der Waals surface area contributed by atoms with E-state index in [1.165, 1.54) is 6.08 Å². The third-order valence-electron chi connectivity index (χ3n) is 5.38. The van der Waals surface area contributed by atoms with Gasteiger partial charge in [0.05, 0.1) is 0 Å². The van der Waals surface area contributed by atoms with E-state index in [4.69, 9.17) is 18.9 Å². The van der Waals surface area contributed by atoms with Crippen LogP contribution in [-0.2, 0) is 19.1 Å². The Kier molecular flexibility index (Phi) is 6.60. The number of fused-ring (bicyclic) bond motifs is 1. The maximum atomic E-state index is 12.1. The van der Waals surface area contributed by atoms with E-state index in [1.807, 2.05) is 6.07 Å². The van der Waals surface area contributed by atoms with Crippen molar-refractivity contribution >= 4 is 18.0 Å². The summed E-state index contributed by atoms with van der Waals surface area (Å²) in [5.74, 6) is 1.60. The lowest BCUT2D eigenvalue weighted by Crippen LogP contribution is -2.36. The largest absolute Gasteiger partial charge is 0.460 e. The van der Waals surface area contributed by atoms with Gasteiger partial charge >= 0.3 is 11.9 Å². The van der Waals surface area contributed by atoms with E-state index >= 15 is 0 Å². The highest BCUT2D eigenvalue weighted by Crippen LogP contribution is 2.35. The summed E-state index contributed by atoms with van der Waals surface area (Å²) in [6, 6.07) is 5.36. The van der Waals surface area contributed by atoms with Crippen LogP contribution in [0.2, 0.25) is 0 Å². The molecule has 1 aromatic rings. The van der Waals surface area contributed by atoms with E-state index in [0.29, 0.717) is 29.3 Å². The van der Waals surface area contributed by atoms with Gasteiger partial charge in [-0.3, -0.25) is 0 Å². The van der Waals surface area contributed by atoms with E-state index in [-0.39, 0.29) is 19.5 Å². The zero-order valence-electron chi connectivity index (χ0n) is 16.7. The predicted octanol–water partition coefficient (Wildman–Crippen LogP) is 3.98. The van der Waals surface area contributed by atoms with Crippen molar-refractivity contribution in [1.29, 1.82) is 0 Å². The van der Waals surface area contributed by atoms with Gasteiger partial charge in [-0.1, -0.05) is 33.3 Å². The number of esters is 2. The standard InChI is InChI=1S/C22H28O6/c1-14(2)17-7-4-15(3)10-19(17)28-22(24)12-25-21(23)9-6-16-5-8-18-20(11-16)27-13-26-18/h5-6,8-9,11,14-15,17,19H,4,7,10,12-13H2,1-3H3. The molecule has 152 valence electrons. The van der Waals surface area contributed by atoms with E-state index < -0.39 is 11.9 Å². The van der Waals surface area contributed by atoms with Gasteiger partial charge in [-0.05, 0) is 54.4 Å². The number of hydrogen-bond acceptors (Lipinski definition) is 6. The number of carbonyl (C=O) groups is 2. The van der Waals surface area contributed by atoms with Crippen LogP contribution in [0.1, 0.15) is 45.6 Å². The van der Waals surface area contributed by atoms with Crippen LogP contribution in [0.15, 0.2) is 24.3 Å². The molecule has 0 bridgehead atoms. The van der Waals surface area contributed by atoms with Gasteiger partial charge in [-0.2, -0.15) is 0 Å². The molecule has 1 aliphatic carbocycles. The molecule has 3 unspecified atom stereocenters. The lowest BCUT2D eigenvalue weighted by molar-refractivity contribution is -0.165. The predicted molar refractivity (Wildman–Crippen MR) is 104 cm³/mol. The Labute approximate surface area is 165 Å². The summed E-state index contributed by atoms with van der Waals surface area (Å²) in [5.41, 5.74) is 0.778. The Morgan fingerprint density at radius 1 is 1.21 bits per heavy atom. The Morgan fingerprint density at radius 2 is 2.00 bits per heavy atom. The second-order valence-corrected chi connectivity index (χ2v) is 7.91. The quantitative estimate of drug-likeness (QED) is 0.542. The highest BCUT2D eigenvalue weighted by atomic mass is 16.7. The molecule has 1 fully saturated rings. The zero-order chi connectivity index (χ0) is 20.1. The molecule has 2 aliphatic rings. The minimum absolute atomic E-state index is 0.0980. The maximum Gasteiger partial charge on any atom is 0.344 e. The van der Waals surface area contributed by atoms with Gasteiger partial charge in [-0.25, -0.2) is 9.59 Å². The molecule has 6 nitrogen and oxygen atoms in total. The van der Waals surface area contributed by atoms with Gasteiger partial charge in [0.2, 0.25) is 6.79 Å². The van der Waals surface area contributed by atoms with Crippen molar-refractivity contribution in [3.8, 4) is 11.5 Å². The topological polar surface area (TPSA) is 71.1 Å². The highest BCUT2D eigenvalue weighted by molar-refractivity contribution is 5.88. The fraction of sp³-hybridized carbons (Fsp3) is 0.545. The van der Waals surface area contributed by atoms with Crippen LogP contribution < -0.4 is 9.47 Å². The molecule has 1 heterocycles. The van der Waals surface area contributed by atoms with Crippen LogP contribution in [0.25, 0.3) is 6.08 Å². The fourth-order valence-electron chi connectivity index (χ4n) is 3.81. The third kappa shape index (κ3) is 5.27. The van der Waals surface area contributed by atoms with Crippen LogP contribution in [0, 0.1) is 17.8 Å². The molecule has 1 saturated carbocycles. The van der Waals surface area contributed by atoms with Crippen LogP contribution in [-0.4, -0.2) is 31.4 Å². The van der Waals surface area contributed by atoms with Crippen molar-refractivity contribution in [2.75, 3.05) is 13.4 Å². The van der Waals surface area contributed by atoms with Crippen molar-refractivity contribution in [2.45, 2.75) is 46.1 Å². The molecule has 0 aromatic heterocycles. The molecule has 0 spiro atoms. The lowest BCUT2D eigenvalue weighted by Gasteiger charge is -2.36. The molecule has 28 heavy (non-hydrogen) atoms. The number of hydrogen-bond donors (Lipinski definition) is 0. The minimum atomic E-state index is -0.591. The first-order valence-corrected chi connectivity index (χ1v) is 9.86. The molecular formula is C22H28O6. The molecule has 0 radical (unpaired) electrons. The Morgan fingerprint density at radius 3 is 2.79 bits per heavy atom. The van der Waals surface area contributed by atoms with E-state index in [0.717, 1.165) is 24.8 Å². The number of ether oxygens (including phenoxy) is 4. The van der Waals surface area contributed by atoms with Crippen LogP contribution in [0.4, 0.5) is 0 Å². The summed E-state index contributed by atoms with van der Waals surface area (Å²) in [7, 11) is 0. The average Bonchev–Trinajstić information content (AvgIpc) is 3.12. The molecule has 1 aromatic carbocycles. The van der Waals surface area contributed by atoms with Crippen LogP contribution >= 0.6 is 0 Å². The Hall–Kier alpha value is -2.50. The number of benzene rings is 1. The molecule has 3 atom stereocenters. The minimum Gasteiger partial charge on any atom is -0.460 e. The molecule has 0 saturated heterocycles. The van der Waals surface area contributed by atoms with Gasteiger partial charge in [-0.15, -0.1) is 0 Å². The summed E-state index contributed by atoms with van der Waals surface area (Å²) in [6.45, 7) is 6.31. The van der Waals surface area contributed by atoms with Gasteiger partial charge in [0.1, 0.15) is 6.10 Å². The van der Waals surface area contributed by atoms with Gasteiger partial charge in [0, 0.05) is 6.08 Å². The average molecular weight is 388 g/mol. The van der Waals surface area contributed by atoms with Crippen molar-refractivity contribution in [2.24, 2.45) is 17.8 Å². The first kappa shape index (κ1) is 20.2. The molecular weight excluding hydrogens is 360 g/mol. The van der Waals surface area contributed by atoms with Crippen molar-refractivity contribution in [1.82, 2.24) is 0 Å². The summed E-state index contributed by atoms with van der Waals surface area (Å²) in [5, 5.41) is 0. The molecule has 0 N–H and O–H groups in total. The zero-order valence-corrected chi connectivity index (χ0v) is 16.7. The van der Waals surface area contributed by atoms with Crippen molar-refractivity contribution in [3.05, 3.63) is 29.8 Å². The number of rotatable bonds is 6. The lowest BCUT2D eigenvalue weighted by atomic mass is 9.75. The van der Waals surface area contributed by atoms with Crippen LogP contribution in [0.5, 0.6) is 11.5 Å². The van der Waals surface area contributed by atoms with Crippen molar-refractivity contribution < 1.29 is 28.5 Å². The summed E-state index contributed by atoms with van der Waals surface area (Å²) in [6.07, 6.45) is 5.88. The fourth-order valence-corrected chi connectivity index (χ4v) is 3.81. The highest BCUT2D eigenvalue weighted by Gasteiger charge is 2.33. The van der Waals surface area contributed by atoms with E-state index in [1.54, 1.807) is 18.2 Å². The summed E-state index contributed by atoms with van der Waals surface area (Å²) >= 11 is 0. The van der Waals surface area contributed by atoms with Gasteiger partial charge in [0.25, 0.3) is 0 Å². The summed E-state index contributed by atoms with van der Waals surface area (Å²) < 4.78 is 21.2. The van der Waals surface area contributed by atoms with E-state index in [2.05, 4.69) is 20.8 Å². The Balaban J connectivity index is 1.46. The second-order valence-electron chi connectivity index (χ2n) is 7.91. The molecule has 6 heteroatoms. The first-order valence-electron chi connectivity index (χ1n) is 9.86. The SMILES string of the molecule is CC1CCC(C(C)C)C(OC(=O)COC(=O)C=Cc2ccc3c(c2)OCO3)C1. The van der Waals surface area contributed by atoms with Crippen LogP contribution in [0.3, 0.4) is 0 Å². The van der Waals surface area contributed by atoms with Gasteiger partial charge in [0.15, 0.2) is 18.1 Å². The normalized spacial score (nSPS) is 23.8. The van der Waals surface area contributed by atoms with Crippen molar-refractivity contribution in [3.63, 3.8) is 0 Å². The van der Waals surface area contributed by atoms with E-state index in [9.17, 15) is 9.59 Å². The molecule has 1 aliphatic heterocycles. The maximum absolute atomic E-state index is 12.1. The smallest absolute Gasteiger partial charge is 0.344 e. The number of carbonyl (C=O) groups excluding carboxylic acids is 2. The third-order valence-corrected chi connectivity index (χ3v) is 5.38. The van der Waals surface area contributed by atoms with Gasteiger partial charge < -0.3 is 18.9 Å². The molecule has 3 rings (SSSR count). The Bertz CT molecular complexity index is 739. The monoisotopic (exact) mass is 388 g/mol.